The number of para-hydroxylation sites is 1. The van der Waals surface area contributed by atoms with E-state index in [1.807, 2.05) is 61.8 Å². The Labute approximate surface area is 388 Å². The summed E-state index contributed by atoms with van der Waals surface area (Å²) in [6.07, 6.45) is 7.58. The number of hydrogen-bond acceptors (Lipinski definition) is 10. The Morgan fingerprint density at radius 3 is 2.27 bits per heavy atom. The van der Waals surface area contributed by atoms with E-state index in [4.69, 9.17) is 18.9 Å². The van der Waals surface area contributed by atoms with E-state index >= 15 is 0 Å². The Hall–Kier alpha value is -7.37. The number of hydrogen-bond donors (Lipinski definition) is 4. The number of ether oxygens (including phenoxy) is 4. The molecule has 0 saturated carbocycles. The monoisotopic (exact) mass is 913 g/mol. The Morgan fingerprint density at radius 2 is 1.54 bits per heavy atom. The van der Waals surface area contributed by atoms with E-state index in [2.05, 4.69) is 22.5 Å². The van der Waals surface area contributed by atoms with Gasteiger partial charge >= 0.3 is 6.09 Å². The maximum absolute atomic E-state index is 14.1. The van der Waals surface area contributed by atoms with Crippen LogP contribution in [0.4, 0.5) is 27.5 Å². The molecule has 17 heteroatoms. The van der Waals surface area contributed by atoms with Gasteiger partial charge in [0, 0.05) is 69.1 Å². The number of aromatic hydroxyl groups is 1. The van der Waals surface area contributed by atoms with Crippen LogP contribution in [0.5, 0.6) is 11.5 Å². The summed E-state index contributed by atoms with van der Waals surface area (Å²) >= 11 is 0. The van der Waals surface area contributed by atoms with Crippen LogP contribution in [0.2, 0.25) is 0 Å². The number of nitrogens with one attached hydrogen (secondary N) is 3. The normalized spacial score (nSPS) is 17.9. The van der Waals surface area contributed by atoms with Gasteiger partial charge in [0.2, 0.25) is 5.91 Å². The number of phenolic OH excluding ortho intramolecular Hbond substituents is 1. The molecule has 5 amide bonds. The number of amides is 5. The molecule has 3 aliphatic rings. The number of rotatable bonds is 15. The lowest BCUT2D eigenvalue weighted by Crippen LogP contribution is -2.57. The predicted octanol–water partition coefficient (Wildman–Crippen LogP) is 8.05. The van der Waals surface area contributed by atoms with Crippen molar-refractivity contribution in [1.82, 2.24) is 14.0 Å². The lowest BCUT2D eigenvalue weighted by atomic mass is 10.00. The number of benzene rings is 3. The minimum Gasteiger partial charge on any atom is -0.504 e. The number of fused-ring (bicyclic) bond motifs is 2. The average molecular weight is 914 g/mol. The second kappa shape index (κ2) is 20.9. The quantitative estimate of drug-likeness (QED) is 0.0590. The maximum Gasteiger partial charge on any atom is 0.416 e. The first-order valence-corrected chi connectivity index (χ1v) is 22.5. The number of aromatic nitrogens is 2. The van der Waals surface area contributed by atoms with Crippen molar-refractivity contribution < 1.29 is 48.0 Å². The zero-order valence-corrected chi connectivity index (χ0v) is 37.6. The molecule has 8 rings (SSSR count). The van der Waals surface area contributed by atoms with Crippen molar-refractivity contribution in [1.29, 1.82) is 0 Å². The molecule has 2 fully saturated rings. The van der Waals surface area contributed by atoms with Crippen molar-refractivity contribution in [3.05, 3.63) is 121 Å². The zero-order chi connectivity index (χ0) is 47.0. The van der Waals surface area contributed by atoms with Gasteiger partial charge in [-0.25, -0.2) is 9.69 Å². The van der Waals surface area contributed by atoms with Gasteiger partial charge < -0.3 is 54.0 Å². The molecule has 2 aromatic heterocycles. The molecule has 350 valence electrons. The van der Waals surface area contributed by atoms with E-state index in [1.165, 1.54) is 23.1 Å². The lowest BCUT2D eigenvalue weighted by Gasteiger charge is -2.42. The largest absolute Gasteiger partial charge is 0.504 e. The minimum absolute atomic E-state index is 0.00662. The molecule has 0 spiro atoms. The minimum atomic E-state index is -0.943. The third kappa shape index (κ3) is 10.7. The number of nitrogens with zero attached hydrogens (tertiary/aromatic N) is 4. The van der Waals surface area contributed by atoms with Gasteiger partial charge in [-0.2, -0.15) is 0 Å². The van der Waals surface area contributed by atoms with Crippen molar-refractivity contribution in [3.8, 4) is 22.6 Å². The molecule has 5 aromatic rings. The molecule has 0 radical (unpaired) electrons. The predicted molar refractivity (Wildman–Crippen MR) is 251 cm³/mol. The van der Waals surface area contributed by atoms with Crippen LogP contribution in [0.25, 0.3) is 11.1 Å². The van der Waals surface area contributed by atoms with Gasteiger partial charge in [0.05, 0.1) is 29.6 Å². The number of anilines is 4. The molecule has 17 nitrogen and oxygen atoms in total. The fraction of sp³-hybridized carbons (Fsp3) is 0.340. The molecule has 2 unspecified atom stereocenters. The molecular formula is C50H55N7O10. The molecule has 67 heavy (non-hydrogen) atoms. The number of piperidine rings is 1. The second-order valence-corrected chi connectivity index (χ2v) is 16.8. The first-order chi connectivity index (χ1) is 32.5. The van der Waals surface area contributed by atoms with Gasteiger partial charge in [0.1, 0.15) is 18.0 Å². The third-order valence-electron chi connectivity index (χ3n) is 12.0. The zero-order valence-electron chi connectivity index (χ0n) is 37.6. The SMILES string of the molecule is C=CCOC(=O)N1c2cc(OCCCC(=O)Nc3cc(C(=O)Nc4ccc(-c5cc(C(=O)Nc6ccccc6)n(C)c5)cc4)n(C)c3)c(O)cc2C(=O)N2CCCC[C@H]2C1OC1CCCCO1. The average Bonchev–Trinajstić information content (AvgIpc) is 3.89. The summed E-state index contributed by atoms with van der Waals surface area (Å²) in [6, 6.07) is 22.1. The van der Waals surface area contributed by atoms with Crippen molar-refractivity contribution >= 4 is 52.5 Å². The smallest absolute Gasteiger partial charge is 0.416 e. The highest BCUT2D eigenvalue weighted by Crippen LogP contribution is 2.42. The fourth-order valence-corrected chi connectivity index (χ4v) is 8.64. The van der Waals surface area contributed by atoms with E-state index in [1.54, 1.807) is 45.5 Å². The fourth-order valence-electron chi connectivity index (χ4n) is 8.64. The van der Waals surface area contributed by atoms with Crippen molar-refractivity contribution in [2.45, 2.75) is 69.9 Å². The standard InChI is InChI=1S/C50H55N7O10/c1-4-23-66-50(63)57-39-29-43(42(58)28-37(39)48(62)56-22-10-8-15-38(56)49(57)67-45-17-9-11-24-65-45)64-25-12-16-44(59)51-36-27-41(55(3)31-36)47(61)53-35-20-18-32(19-21-35)33-26-40(54(2)30-33)46(60)52-34-13-6-5-7-14-34/h4-7,13-14,18-21,26-31,38,45,49,58H,1,8-12,15-17,22-25H2,2-3H3,(H,51,59)(H,52,60)(H,53,61)/t38-,45?,49?/m0/s1. The second-order valence-electron chi connectivity index (χ2n) is 16.8. The Kier molecular flexibility index (Phi) is 14.4. The highest BCUT2D eigenvalue weighted by Gasteiger charge is 2.47. The van der Waals surface area contributed by atoms with E-state index in [9.17, 15) is 29.1 Å². The maximum atomic E-state index is 14.1. The highest BCUT2D eigenvalue weighted by atomic mass is 16.7. The Balaban J connectivity index is 0.874. The summed E-state index contributed by atoms with van der Waals surface area (Å²) in [7, 11) is 3.51. The molecule has 5 heterocycles. The summed E-state index contributed by atoms with van der Waals surface area (Å²) < 4.78 is 27.4. The molecular weight excluding hydrogens is 859 g/mol. The first-order valence-electron chi connectivity index (χ1n) is 22.5. The van der Waals surface area contributed by atoms with Crippen molar-refractivity contribution in [3.63, 3.8) is 0 Å². The van der Waals surface area contributed by atoms with Gasteiger partial charge in [-0.15, -0.1) is 0 Å². The molecule has 0 bridgehead atoms. The molecule has 0 aliphatic carbocycles. The summed E-state index contributed by atoms with van der Waals surface area (Å²) in [4.78, 5) is 70.4. The lowest BCUT2D eigenvalue weighted by molar-refractivity contribution is -0.198. The van der Waals surface area contributed by atoms with Crippen LogP contribution in [-0.4, -0.2) is 93.8 Å². The molecule has 4 N–H and O–H groups in total. The van der Waals surface area contributed by atoms with Crippen molar-refractivity contribution in [2.24, 2.45) is 14.1 Å². The van der Waals surface area contributed by atoms with Crippen LogP contribution >= 0.6 is 0 Å². The van der Waals surface area contributed by atoms with Crippen LogP contribution in [0, 0.1) is 0 Å². The van der Waals surface area contributed by atoms with E-state index in [0.29, 0.717) is 54.4 Å². The topological polar surface area (TPSA) is 195 Å². The van der Waals surface area contributed by atoms with Crippen LogP contribution in [0.1, 0.15) is 82.7 Å². The third-order valence-corrected chi connectivity index (χ3v) is 12.0. The van der Waals surface area contributed by atoms with Gasteiger partial charge in [-0.05, 0) is 93.0 Å². The first kappa shape index (κ1) is 46.2. The van der Waals surface area contributed by atoms with E-state index in [0.717, 1.165) is 36.8 Å². The number of aryl methyl sites for hydroxylation is 2. The number of carbonyl (C=O) groups excluding carboxylic acids is 5. The number of phenols is 1. The summed E-state index contributed by atoms with van der Waals surface area (Å²) in [5.41, 5.74) is 4.46. The Bertz CT molecular complexity index is 2620. The van der Waals surface area contributed by atoms with Gasteiger partial charge in [-0.1, -0.05) is 43.0 Å². The number of carbonyl (C=O) groups is 5. The molecule has 3 aromatic carbocycles. The summed E-state index contributed by atoms with van der Waals surface area (Å²) in [6.45, 7) is 4.57. The Morgan fingerprint density at radius 1 is 0.821 bits per heavy atom. The summed E-state index contributed by atoms with van der Waals surface area (Å²) in [5, 5.41) is 19.8. The van der Waals surface area contributed by atoms with Gasteiger partial charge in [-0.3, -0.25) is 19.2 Å². The molecule has 3 atom stereocenters. The highest BCUT2D eigenvalue weighted by molar-refractivity contribution is 6.07. The molecule has 3 aliphatic heterocycles. The molecule has 2 saturated heterocycles. The van der Waals surface area contributed by atoms with Crippen LogP contribution in [0.15, 0.2) is 104 Å². The summed E-state index contributed by atoms with van der Waals surface area (Å²) in [5.74, 6) is -1.58. The van der Waals surface area contributed by atoms with Crippen LogP contribution in [-0.2, 0) is 33.1 Å². The van der Waals surface area contributed by atoms with E-state index < -0.39 is 24.7 Å². The van der Waals surface area contributed by atoms with E-state index in [-0.39, 0.29) is 72.4 Å². The van der Waals surface area contributed by atoms with Crippen molar-refractivity contribution in [2.75, 3.05) is 47.2 Å². The van der Waals surface area contributed by atoms with Crippen LogP contribution in [0.3, 0.4) is 0 Å². The van der Waals surface area contributed by atoms with Gasteiger partial charge in [0.15, 0.2) is 24.0 Å². The van der Waals surface area contributed by atoms with Gasteiger partial charge in [0.25, 0.3) is 17.7 Å². The van der Waals surface area contributed by atoms with Crippen LogP contribution < -0.4 is 25.6 Å².